The molecule has 0 unspecified atom stereocenters. The quantitative estimate of drug-likeness (QED) is 0.510. The van der Waals surface area contributed by atoms with Gasteiger partial charge in [0.05, 0.1) is 23.4 Å². The van der Waals surface area contributed by atoms with Crippen LogP contribution in [0.1, 0.15) is 16.2 Å². The van der Waals surface area contributed by atoms with Crippen molar-refractivity contribution in [1.29, 1.82) is 0 Å². The number of hydrogen-bond donors (Lipinski definition) is 0. The van der Waals surface area contributed by atoms with Gasteiger partial charge in [0.25, 0.3) is 0 Å². The summed E-state index contributed by atoms with van der Waals surface area (Å²) in [5.74, 6) is -0.951. The summed E-state index contributed by atoms with van der Waals surface area (Å²) in [7, 11) is 1.53. The minimum absolute atomic E-state index is 0. The van der Waals surface area contributed by atoms with Crippen molar-refractivity contribution in [1.82, 2.24) is 19.7 Å². The molecule has 0 spiro atoms. The smallest absolute Gasteiger partial charge is 0.543 e. The molecule has 2 rings (SSSR count). The summed E-state index contributed by atoms with van der Waals surface area (Å²) in [6.07, 6.45) is 2.99. The first kappa shape index (κ1) is 13.8. The van der Waals surface area contributed by atoms with Gasteiger partial charge >= 0.3 is 29.6 Å². The zero-order valence-electron chi connectivity index (χ0n) is 9.84. The molecule has 2 aromatic rings. The van der Waals surface area contributed by atoms with Gasteiger partial charge in [0.1, 0.15) is 0 Å². The third kappa shape index (κ3) is 2.71. The maximum Gasteiger partial charge on any atom is 1.00 e. The van der Waals surface area contributed by atoms with Gasteiger partial charge < -0.3 is 9.90 Å². The molecule has 82 valence electrons. The molecule has 0 N–H and O–H groups in total. The van der Waals surface area contributed by atoms with Crippen molar-refractivity contribution in [3.8, 4) is 11.4 Å². The molecule has 6 nitrogen and oxygen atoms in total. The number of carboxylic acids is 1. The van der Waals surface area contributed by atoms with Crippen LogP contribution in [0.2, 0.25) is 0 Å². The maximum absolute atomic E-state index is 10.9. The molecule has 0 fully saturated rings. The molecule has 7 heteroatoms. The number of aromatic carboxylic acids is 1. The van der Waals surface area contributed by atoms with Crippen LogP contribution in [0.4, 0.5) is 0 Å². The molecule has 2 aromatic heterocycles. The second kappa shape index (κ2) is 5.39. The molecule has 0 aliphatic rings. The first-order chi connectivity index (χ1) is 7.59. The van der Waals surface area contributed by atoms with Crippen LogP contribution in [0.5, 0.6) is 0 Å². The van der Waals surface area contributed by atoms with E-state index in [1.54, 1.807) is 19.2 Å². The molecule has 0 radical (unpaired) electrons. The van der Waals surface area contributed by atoms with E-state index in [-0.39, 0.29) is 35.3 Å². The largest absolute Gasteiger partial charge is 1.00 e. The van der Waals surface area contributed by atoms with Crippen LogP contribution < -0.4 is 34.7 Å². The minimum atomic E-state index is -1.29. The maximum atomic E-state index is 10.9. The van der Waals surface area contributed by atoms with E-state index in [1.807, 2.05) is 0 Å². The zero-order chi connectivity index (χ0) is 11.7. The summed E-state index contributed by atoms with van der Waals surface area (Å²) >= 11 is 0. The number of aryl methyl sites for hydroxylation is 2. The predicted octanol–water partition coefficient (Wildman–Crippen LogP) is -3.45. The van der Waals surface area contributed by atoms with Crippen molar-refractivity contribution in [3.63, 3.8) is 0 Å². The molecule has 0 aromatic carbocycles. The fourth-order valence-electron chi connectivity index (χ4n) is 1.42. The van der Waals surface area contributed by atoms with Crippen LogP contribution in [-0.2, 0) is 7.05 Å². The van der Waals surface area contributed by atoms with E-state index in [4.69, 9.17) is 0 Å². The van der Waals surface area contributed by atoms with Gasteiger partial charge in [-0.15, -0.1) is 0 Å². The van der Waals surface area contributed by atoms with Gasteiger partial charge in [0, 0.05) is 18.9 Å². The second-order valence-electron chi connectivity index (χ2n) is 3.34. The van der Waals surface area contributed by atoms with E-state index in [0.717, 1.165) is 5.69 Å². The first-order valence-corrected chi connectivity index (χ1v) is 4.63. The molecular formula is C10H9N4NaO2. The molecule has 0 aliphatic carbocycles. The van der Waals surface area contributed by atoms with E-state index in [2.05, 4.69) is 15.1 Å². The molecule has 2 heterocycles. The van der Waals surface area contributed by atoms with Crippen molar-refractivity contribution < 1.29 is 39.5 Å². The van der Waals surface area contributed by atoms with Crippen LogP contribution in [0, 0.1) is 6.92 Å². The van der Waals surface area contributed by atoms with E-state index in [1.165, 1.54) is 17.9 Å². The molecule has 0 bridgehead atoms. The summed E-state index contributed by atoms with van der Waals surface area (Å²) < 4.78 is 1.23. The van der Waals surface area contributed by atoms with Gasteiger partial charge in [0.15, 0.2) is 5.82 Å². The average molecular weight is 240 g/mol. The summed E-state index contributed by atoms with van der Waals surface area (Å²) in [6.45, 7) is 1.81. The van der Waals surface area contributed by atoms with Crippen LogP contribution in [-0.4, -0.2) is 25.7 Å². The van der Waals surface area contributed by atoms with Gasteiger partial charge in [-0.25, -0.2) is 9.97 Å². The molecule has 0 atom stereocenters. The molecule has 0 saturated carbocycles. The van der Waals surface area contributed by atoms with Gasteiger partial charge in [0.2, 0.25) is 0 Å². The molecule has 17 heavy (non-hydrogen) atoms. The van der Waals surface area contributed by atoms with Crippen molar-refractivity contribution in [2.45, 2.75) is 6.92 Å². The Kier molecular flexibility index (Phi) is 4.39. The monoisotopic (exact) mass is 240 g/mol. The minimum Gasteiger partial charge on any atom is -0.543 e. The molecule has 0 saturated heterocycles. The standard InChI is InChI=1S/C10H10N4O2.Na/c1-6-3-4-11-9(13-6)7-5-12-14(2)8(7)10(15)16;/h3-5H,1-2H3,(H,15,16);/q;+1/p-1. The second-order valence-corrected chi connectivity index (χ2v) is 3.34. The fraction of sp³-hybridized carbons (Fsp3) is 0.200. The van der Waals surface area contributed by atoms with Gasteiger partial charge in [-0.2, -0.15) is 5.10 Å². The summed E-state index contributed by atoms with van der Waals surface area (Å²) in [5, 5.41) is 14.8. The number of nitrogens with zero attached hydrogens (tertiary/aromatic N) is 4. The Morgan fingerprint density at radius 3 is 2.76 bits per heavy atom. The number of carbonyl (C=O) groups is 1. The van der Waals surface area contributed by atoms with Gasteiger partial charge in [-0.05, 0) is 13.0 Å². The molecular weight excluding hydrogens is 231 g/mol. The van der Waals surface area contributed by atoms with Crippen LogP contribution in [0.3, 0.4) is 0 Å². The topological polar surface area (TPSA) is 83.7 Å². The Bertz CT molecular complexity index is 553. The third-order valence-corrected chi connectivity index (χ3v) is 2.17. The molecule has 0 amide bonds. The normalized spacial score (nSPS) is 9.76. The number of aromatic nitrogens is 4. The Hall–Kier alpha value is -1.24. The van der Waals surface area contributed by atoms with Crippen molar-refractivity contribution in [3.05, 3.63) is 29.8 Å². The summed E-state index contributed by atoms with van der Waals surface area (Å²) in [4.78, 5) is 19.1. The van der Waals surface area contributed by atoms with Crippen LogP contribution in [0.25, 0.3) is 11.4 Å². The van der Waals surface area contributed by atoms with Crippen LogP contribution >= 0.6 is 0 Å². The third-order valence-electron chi connectivity index (χ3n) is 2.17. The summed E-state index contributed by atoms with van der Waals surface area (Å²) in [5.41, 5.74) is 1.11. The van der Waals surface area contributed by atoms with E-state index in [0.29, 0.717) is 11.4 Å². The van der Waals surface area contributed by atoms with E-state index in [9.17, 15) is 9.90 Å². The van der Waals surface area contributed by atoms with Crippen molar-refractivity contribution in [2.24, 2.45) is 7.05 Å². The SMILES string of the molecule is Cc1ccnc(-c2cnn(C)c2C(=O)[O-])n1.[Na+]. The Balaban J connectivity index is 0.00000144. The Morgan fingerprint density at radius 2 is 2.18 bits per heavy atom. The first-order valence-electron chi connectivity index (χ1n) is 4.63. The number of rotatable bonds is 2. The van der Waals surface area contributed by atoms with Crippen molar-refractivity contribution >= 4 is 5.97 Å². The van der Waals surface area contributed by atoms with E-state index >= 15 is 0 Å². The van der Waals surface area contributed by atoms with Crippen LogP contribution in [0.15, 0.2) is 18.5 Å². The number of carboxylic acid groups (broad SMARTS) is 1. The fourth-order valence-corrected chi connectivity index (χ4v) is 1.42. The van der Waals surface area contributed by atoms with E-state index < -0.39 is 5.97 Å². The zero-order valence-corrected chi connectivity index (χ0v) is 11.8. The predicted molar refractivity (Wildman–Crippen MR) is 53.3 cm³/mol. The van der Waals surface area contributed by atoms with Gasteiger partial charge in [-0.3, -0.25) is 4.68 Å². The average Bonchev–Trinajstić information content (AvgIpc) is 2.60. The Labute approximate surface area is 120 Å². The number of carbonyl (C=O) groups excluding carboxylic acids is 1. The van der Waals surface area contributed by atoms with Crippen molar-refractivity contribution in [2.75, 3.05) is 0 Å². The summed E-state index contributed by atoms with van der Waals surface area (Å²) in [6, 6.07) is 1.73. The molecule has 0 aliphatic heterocycles. The number of hydrogen-bond acceptors (Lipinski definition) is 5. The van der Waals surface area contributed by atoms with Gasteiger partial charge in [-0.1, -0.05) is 0 Å². The Morgan fingerprint density at radius 1 is 1.47 bits per heavy atom.